The van der Waals surface area contributed by atoms with Crippen molar-refractivity contribution >= 4 is 11.5 Å². The molecule has 1 saturated heterocycles. The number of ketones is 1. The Hall–Kier alpha value is -2.20. The van der Waals surface area contributed by atoms with E-state index >= 15 is 0 Å². The largest absolute Gasteiger partial charge is 0.365 e. The molecule has 0 saturated carbocycles. The zero-order valence-corrected chi connectivity index (χ0v) is 13.1. The van der Waals surface area contributed by atoms with Crippen LogP contribution in [0.1, 0.15) is 18.9 Å². The molecule has 1 heterocycles. The highest BCUT2D eigenvalue weighted by molar-refractivity contribution is 5.86. The Bertz CT molecular complexity index is 674. The first-order valence-electron chi connectivity index (χ1n) is 7.85. The predicted molar refractivity (Wildman–Crippen MR) is 87.9 cm³/mol. The van der Waals surface area contributed by atoms with E-state index in [1.165, 1.54) is 12.1 Å². The number of carbonyl (C=O) groups excluding carboxylic acids is 1. The molecular formula is C19H20FNO2. The molecule has 0 amide bonds. The number of piperidine rings is 1. The molecule has 1 fully saturated rings. The van der Waals surface area contributed by atoms with Crippen molar-refractivity contribution in [2.45, 2.75) is 32.1 Å². The zero-order valence-electron chi connectivity index (χ0n) is 13.1. The van der Waals surface area contributed by atoms with Crippen LogP contribution in [0.2, 0.25) is 0 Å². The minimum absolute atomic E-state index is 0.112. The van der Waals surface area contributed by atoms with Crippen molar-refractivity contribution in [2.24, 2.45) is 0 Å². The van der Waals surface area contributed by atoms with Crippen LogP contribution < -0.4 is 4.90 Å². The van der Waals surface area contributed by atoms with Crippen LogP contribution in [0.25, 0.3) is 0 Å². The first-order valence-corrected chi connectivity index (χ1v) is 7.85. The highest BCUT2D eigenvalue weighted by Crippen LogP contribution is 2.26. The Labute approximate surface area is 135 Å². The normalized spacial score (nSPS) is 21.5. The van der Waals surface area contributed by atoms with Gasteiger partial charge in [0.1, 0.15) is 11.9 Å². The number of benzene rings is 2. The Morgan fingerprint density at radius 1 is 1.17 bits per heavy atom. The van der Waals surface area contributed by atoms with E-state index in [2.05, 4.69) is 0 Å². The van der Waals surface area contributed by atoms with E-state index in [4.69, 9.17) is 4.74 Å². The molecule has 0 radical (unpaired) electrons. The van der Waals surface area contributed by atoms with E-state index in [1.807, 2.05) is 48.2 Å². The highest BCUT2D eigenvalue weighted by atomic mass is 19.1. The SMILES string of the molecule is CC1C(OCc2ccccc2)C(=O)CCN1c1cccc(F)c1. The number of halogens is 1. The van der Waals surface area contributed by atoms with Crippen molar-refractivity contribution in [1.82, 2.24) is 0 Å². The third-order valence-electron chi connectivity index (χ3n) is 4.26. The Balaban J connectivity index is 1.73. The van der Waals surface area contributed by atoms with Crippen molar-refractivity contribution in [3.63, 3.8) is 0 Å². The van der Waals surface area contributed by atoms with E-state index in [-0.39, 0.29) is 17.6 Å². The Morgan fingerprint density at radius 2 is 1.96 bits per heavy atom. The summed E-state index contributed by atoms with van der Waals surface area (Å²) >= 11 is 0. The van der Waals surface area contributed by atoms with Crippen molar-refractivity contribution in [1.29, 1.82) is 0 Å². The molecular weight excluding hydrogens is 293 g/mol. The van der Waals surface area contributed by atoms with Crippen LogP contribution in [-0.4, -0.2) is 24.5 Å². The Morgan fingerprint density at radius 3 is 2.70 bits per heavy atom. The number of nitrogens with zero attached hydrogens (tertiary/aromatic N) is 1. The van der Waals surface area contributed by atoms with Crippen LogP contribution in [0.3, 0.4) is 0 Å². The molecule has 2 aromatic rings. The standard InChI is InChI=1S/C19H20FNO2/c1-14-19(23-13-15-6-3-2-4-7-15)18(22)10-11-21(14)17-9-5-8-16(20)12-17/h2-9,12,14,19H,10-11,13H2,1H3. The quantitative estimate of drug-likeness (QED) is 0.864. The molecule has 3 nitrogen and oxygen atoms in total. The topological polar surface area (TPSA) is 29.5 Å². The summed E-state index contributed by atoms with van der Waals surface area (Å²) in [5, 5.41) is 0. The zero-order chi connectivity index (χ0) is 16.2. The van der Waals surface area contributed by atoms with Crippen LogP contribution in [0, 0.1) is 5.82 Å². The van der Waals surface area contributed by atoms with Gasteiger partial charge in [0.05, 0.1) is 12.6 Å². The summed E-state index contributed by atoms with van der Waals surface area (Å²) in [5.74, 6) is -0.158. The molecule has 0 bridgehead atoms. The number of anilines is 1. The highest BCUT2D eigenvalue weighted by Gasteiger charge is 2.35. The van der Waals surface area contributed by atoms with Gasteiger partial charge in [0.25, 0.3) is 0 Å². The second kappa shape index (κ2) is 6.92. The number of hydrogen-bond acceptors (Lipinski definition) is 3. The van der Waals surface area contributed by atoms with Crippen LogP contribution in [-0.2, 0) is 16.1 Å². The first-order chi connectivity index (χ1) is 11.1. The van der Waals surface area contributed by atoms with Crippen LogP contribution >= 0.6 is 0 Å². The van der Waals surface area contributed by atoms with Gasteiger partial charge in [-0.2, -0.15) is 0 Å². The summed E-state index contributed by atoms with van der Waals surface area (Å²) in [6.07, 6.45) is -0.0763. The van der Waals surface area contributed by atoms with Gasteiger partial charge in [-0.1, -0.05) is 36.4 Å². The predicted octanol–water partition coefficient (Wildman–Crippen LogP) is 3.58. The van der Waals surface area contributed by atoms with Gasteiger partial charge in [-0.25, -0.2) is 4.39 Å². The van der Waals surface area contributed by atoms with Crippen LogP contribution in [0.4, 0.5) is 10.1 Å². The molecule has 0 N–H and O–H groups in total. The van der Waals surface area contributed by atoms with Gasteiger partial charge in [0.15, 0.2) is 5.78 Å². The summed E-state index contributed by atoms with van der Waals surface area (Å²) in [7, 11) is 0. The fourth-order valence-electron chi connectivity index (χ4n) is 3.02. The maximum atomic E-state index is 13.5. The molecule has 0 aromatic heterocycles. The lowest BCUT2D eigenvalue weighted by atomic mass is 9.97. The molecule has 3 rings (SSSR count). The van der Waals surface area contributed by atoms with E-state index in [9.17, 15) is 9.18 Å². The molecule has 2 aromatic carbocycles. The molecule has 0 spiro atoms. The molecule has 2 unspecified atom stereocenters. The lowest BCUT2D eigenvalue weighted by Gasteiger charge is -2.39. The summed E-state index contributed by atoms with van der Waals surface area (Å²) in [4.78, 5) is 14.3. The van der Waals surface area contributed by atoms with Gasteiger partial charge < -0.3 is 9.64 Å². The fourth-order valence-corrected chi connectivity index (χ4v) is 3.02. The van der Waals surface area contributed by atoms with Crippen molar-refractivity contribution in [2.75, 3.05) is 11.4 Å². The van der Waals surface area contributed by atoms with Gasteiger partial charge in [-0.3, -0.25) is 4.79 Å². The van der Waals surface area contributed by atoms with Gasteiger partial charge in [-0.05, 0) is 30.7 Å². The maximum Gasteiger partial charge on any atom is 0.165 e. The van der Waals surface area contributed by atoms with Crippen molar-refractivity contribution in [3.05, 3.63) is 66.0 Å². The van der Waals surface area contributed by atoms with Crippen molar-refractivity contribution < 1.29 is 13.9 Å². The summed E-state index contributed by atoms with van der Waals surface area (Å²) in [5.41, 5.74) is 1.83. The first kappa shape index (κ1) is 15.7. The lowest BCUT2D eigenvalue weighted by molar-refractivity contribution is -0.134. The minimum atomic E-state index is -0.493. The Kier molecular flexibility index (Phi) is 4.72. The monoisotopic (exact) mass is 313 g/mol. The molecule has 120 valence electrons. The average Bonchev–Trinajstić information content (AvgIpc) is 2.55. The van der Waals surface area contributed by atoms with Gasteiger partial charge >= 0.3 is 0 Å². The molecule has 0 aliphatic carbocycles. The second-order valence-electron chi connectivity index (χ2n) is 5.85. The van der Waals surface area contributed by atoms with Gasteiger partial charge in [0, 0.05) is 18.7 Å². The molecule has 1 aliphatic rings. The average molecular weight is 313 g/mol. The number of ether oxygens (including phenoxy) is 1. The molecule has 2 atom stereocenters. The van der Waals surface area contributed by atoms with E-state index in [0.717, 1.165) is 11.3 Å². The molecule has 23 heavy (non-hydrogen) atoms. The summed E-state index contributed by atoms with van der Waals surface area (Å²) < 4.78 is 19.4. The van der Waals surface area contributed by atoms with Crippen LogP contribution in [0.5, 0.6) is 0 Å². The van der Waals surface area contributed by atoms with Crippen molar-refractivity contribution in [3.8, 4) is 0 Å². The van der Waals surface area contributed by atoms with Crippen LogP contribution in [0.15, 0.2) is 54.6 Å². The minimum Gasteiger partial charge on any atom is -0.365 e. The smallest absolute Gasteiger partial charge is 0.165 e. The molecule has 1 aliphatic heterocycles. The fraction of sp³-hybridized carbons (Fsp3) is 0.316. The van der Waals surface area contributed by atoms with Gasteiger partial charge in [0.2, 0.25) is 0 Å². The lowest BCUT2D eigenvalue weighted by Crippen LogP contribution is -2.52. The van der Waals surface area contributed by atoms with E-state index < -0.39 is 6.10 Å². The number of Topliss-reactive ketones (excluding diaryl/α,β-unsaturated/α-hetero) is 1. The van der Waals surface area contributed by atoms with E-state index in [0.29, 0.717) is 19.6 Å². The number of hydrogen-bond donors (Lipinski definition) is 0. The third kappa shape index (κ3) is 3.59. The van der Waals surface area contributed by atoms with E-state index in [1.54, 1.807) is 6.07 Å². The second-order valence-corrected chi connectivity index (χ2v) is 5.85. The number of rotatable bonds is 4. The maximum absolute atomic E-state index is 13.5. The third-order valence-corrected chi connectivity index (χ3v) is 4.26. The summed E-state index contributed by atoms with van der Waals surface area (Å²) in [6, 6.07) is 16.1. The van der Waals surface area contributed by atoms with Gasteiger partial charge in [-0.15, -0.1) is 0 Å². The number of carbonyl (C=O) groups is 1. The molecule has 4 heteroatoms. The summed E-state index contributed by atoms with van der Waals surface area (Å²) in [6.45, 7) is 2.95.